The van der Waals surface area contributed by atoms with Gasteiger partial charge in [-0.25, -0.2) is 0 Å². The third-order valence-corrected chi connectivity index (χ3v) is 3.79. The molecule has 5 nitrogen and oxygen atoms in total. The summed E-state index contributed by atoms with van der Waals surface area (Å²) in [6.07, 6.45) is -1.04. The van der Waals surface area contributed by atoms with Crippen molar-refractivity contribution >= 4 is 5.97 Å². The summed E-state index contributed by atoms with van der Waals surface area (Å²) in [5.74, 6) is -0.545. The highest BCUT2D eigenvalue weighted by Crippen LogP contribution is 2.47. The molecule has 5 heteroatoms. The third-order valence-electron chi connectivity index (χ3n) is 3.79. The summed E-state index contributed by atoms with van der Waals surface area (Å²) in [6, 6.07) is 9.31. The van der Waals surface area contributed by atoms with E-state index in [-0.39, 0.29) is 13.0 Å². The first-order valence-corrected chi connectivity index (χ1v) is 7.06. The van der Waals surface area contributed by atoms with Crippen LogP contribution in [0, 0.1) is 11.3 Å². The van der Waals surface area contributed by atoms with Crippen molar-refractivity contribution in [2.24, 2.45) is 0 Å². The number of ether oxygens (including phenoxy) is 1. The van der Waals surface area contributed by atoms with Crippen LogP contribution in [-0.4, -0.2) is 28.9 Å². The number of hydrogen-bond donors (Lipinski definition) is 2. The summed E-state index contributed by atoms with van der Waals surface area (Å²) in [5.41, 5.74) is 0.915. The van der Waals surface area contributed by atoms with Crippen molar-refractivity contribution in [1.29, 1.82) is 5.26 Å². The zero-order chi connectivity index (χ0) is 15.5. The van der Waals surface area contributed by atoms with Gasteiger partial charge in [0.05, 0.1) is 30.6 Å². The largest absolute Gasteiger partial charge is 0.466 e. The van der Waals surface area contributed by atoms with Crippen molar-refractivity contribution < 1.29 is 19.7 Å². The monoisotopic (exact) mass is 289 g/mol. The molecule has 2 rings (SSSR count). The van der Waals surface area contributed by atoms with E-state index in [1.165, 1.54) is 0 Å². The van der Waals surface area contributed by atoms with Gasteiger partial charge >= 0.3 is 5.97 Å². The number of nitrogens with zero attached hydrogens (tertiary/aromatic N) is 1. The number of nitriles is 1. The molecule has 0 saturated heterocycles. The SMILES string of the molecule is CCOC(=O)CC(O)C(O)c1cccc(C2(C#N)CC2)c1. The maximum absolute atomic E-state index is 11.3. The van der Waals surface area contributed by atoms with Crippen LogP contribution in [0.5, 0.6) is 0 Å². The molecule has 0 heterocycles. The number of benzene rings is 1. The Hall–Kier alpha value is -1.90. The van der Waals surface area contributed by atoms with Gasteiger partial charge < -0.3 is 14.9 Å². The molecule has 0 radical (unpaired) electrons. The Bertz CT molecular complexity index is 560. The summed E-state index contributed by atoms with van der Waals surface area (Å²) in [7, 11) is 0. The first kappa shape index (κ1) is 15.5. The van der Waals surface area contributed by atoms with Crippen LogP contribution >= 0.6 is 0 Å². The van der Waals surface area contributed by atoms with Gasteiger partial charge in [0.25, 0.3) is 0 Å². The van der Waals surface area contributed by atoms with E-state index in [0.29, 0.717) is 5.56 Å². The molecule has 0 aliphatic heterocycles. The van der Waals surface area contributed by atoms with Crippen molar-refractivity contribution in [3.63, 3.8) is 0 Å². The highest BCUT2D eigenvalue weighted by Gasteiger charge is 2.45. The molecule has 2 unspecified atom stereocenters. The van der Waals surface area contributed by atoms with Gasteiger partial charge in [-0.2, -0.15) is 5.26 Å². The lowest BCUT2D eigenvalue weighted by molar-refractivity contribution is -0.147. The molecule has 0 spiro atoms. The van der Waals surface area contributed by atoms with Crippen molar-refractivity contribution in [1.82, 2.24) is 0 Å². The number of carbonyl (C=O) groups excluding carboxylic acids is 1. The Labute approximate surface area is 123 Å². The maximum atomic E-state index is 11.3. The van der Waals surface area contributed by atoms with Gasteiger partial charge in [0.15, 0.2) is 0 Å². The molecule has 1 aliphatic rings. The van der Waals surface area contributed by atoms with E-state index < -0.39 is 23.6 Å². The quantitative estimate of drug-likeness (QED) is 0.776. The molecule has 1 aromatic rings. The maximum Gasteiger partial charge on any atom is 0.308 e. The number of hydrogen-bond acceptors (Lipinski definition) is 5. The van der Waals surface area contributed by atoms with Crippen LogP contribution in [-0.2, 0) is 14.9 Å². The fraction of sp³-hybridized carbons (Fsp3) is 0.500. The van der Waals surface area contributed by atoms with Crippen molar-refractivity contribution in [2.75, 3.05) is 6.61 Å². The minimum absolute atomic E-state index is 0.238. The summed E-state index contributed by atoms with van der Waals surface area (Å²) in [5, 5.41) is 29.3. The Morgan fingerprint density at radius 3 is 2.76 bits per heavy atom. The van der Waals surface area contributed by atoms with Crippen molar-refractivity contribution in [3.8, 4) is 6.07 Å². The predicted octanol–water partition coefficient (Wildman–Crippen LogP) is 1.59. The van der Waals surface area contributed by atoms with Crippen LogP contribution in [0.4, 0.5) is 0 Å². The van der Waals surface area contributed by atoms with Gasteiger partial charge in [-0.1, -0.05) is 24.3 Å². The number of aliphatic hydroxyl groups is 2. The standard InChI is InChI=1S/C16H19NO4/c1-2-21-14(19)9-13(18)15(20)11-4-3-5-12(8-11)16(10-17)6-7-16/h3-5,8,13,15,18,20H,2,6-7,9H2,1H3. The lowest BCUT2D eigenvalue weighted by Gasteiger charge is -2.19. The van der Waals surface area contributed by atoms with Gasteiger partial charge in [0, 0.05) is 0 Å². The van der Waals surface area contributed by atoms with Crippen LogP contribution in [0.1, 0.15) is 43.4 Å². The molecule has 1 aromatic carbocycles. The van der Waals surface area contributed by atoms with Crippen LogP contribution in [0.2, 0.25) is 0 Å². The van der Waals surface area contributed by atoms with E-state index in [0.717, 1.165) is 18.4 Å². The smallest absolute Gasteiger partial charge is 0.308 e. The second-order valence-corrected chi connectivity index (χ2v) is 5.34. The van der Waals surface area contributed by atoms with E-state index in [1.807, 2.05) is 6.07 Å². The average Bonchev–Trinajstić information content (AvgIpc) is 3.28. The van der Waals surface area contributed by atoms with Gasteiger partial charge in [-0.15, -0.1) is 0 Å². The first-order valence-electron chi connectivity index (χ1n) is 7.06. The van der Waals surface area contributed by atoms with Crippen LogP contribution in [0.15, 0.2) is 24.3 Å². The molecule has 0 amide bonds. The molecule has 21 heavy (non-hydrogen) atoms. The normalized spacial score (nSPS) is 18.4. The van der Waals surface area contributed by atoms with E-state index in [2.05, 4.69) is 6.07 Å². The summed E-state index contributed by atoms with van der Waals surface area (Å²) >= 11 is 0. The Balaban J connectivity index is 2.09. The molecule has 1 aliphatic carbocycles. The van der Waals surface area contributed by atoms with E-state index in [9.17, 15) is 20.3 Å². The second kappa shape index (κ2) is 6.25. The average molecular weight is 289 g/mol. The molecule has 112 valence electrons. The van der Waals surface area contributed by atoms with Crippen LogP contribution < -0.4 is 0 Å². The number of carbonyl (C=O) groups is 1. The molecular weight excluding hydrogens is 270 g/mol. The van der Waals surface area contributed by atoms with Gasteiger partial charge in [0.1, 0.15) is 6.10 Å². The highest BCUT2D eigenvalue weighted by atomic mass is 16.5. The van der Waals surface area contributed by atoms with Gasteiger partial charge in [-0.3, -0.25) is 4.79 Å². The third kappa shape index (κ3) is 3.41. The summed E-state index contributed by atoms with van der Waals surface area (Å²) < 4.78 is 4.75. The lowest BCUT2D eigenvalue weighted by atomic mass is 9.93. The Morgan fingerprint density at radius 1 is 1.48 bits per heavy atom. The number of rotatable bonds is 6. The molecule has 0 aromatic heterocycles. The van der Waals surface area contributed by atoms with E-state index in [4.69, 9.17) is 4.74 Å². The van der Waals surface area contributed by atoms with E-state index >= 15 is 0 Å². The zero-order valence-corrected chi connectivity index (χ0v) is 12.0. The van der Waals surface area contributed by atoms with Crippen molar-refractivity contribution in [2.45, 2.75) is 43.8 Å². The first-order chi connectivity index (χ1) is 10.0. The Kier molecular flexibility index (Phi) is 4.61. The Morgan fingerprint density at radius 2 is 2.19 bits per heavy atom. The van der Waals surface area contributed by atoms with Gasteiger partial charge in [-0.05, 0) is 30.9 Å². The second-order valence-electron chi connectivity index (χ2n) is 5.34. The minimum Gasteiger partial charge on any atom is -0.466 e. The lowest BCUT2D eigenvalue weighted by Crippen LogP contribution is -2.23. The molecular formula is C16H19NO4. The predicted molar refractivity (Wildman–Crippen MR) is 75.2 cm³/mol. The fourth-order valence-corrected chi connectivity index (χ4v) is 2.33. The van der Waals surface area contributed by atoms with Crippen LogP contribution in [0.25, 0.3) is 0 Å². The number of aliphatic hydroxyl groups excluding tert-OH is 2. The number of esters is 1. The molecule has 1 fully saturated rings. The summed E-state index contributed by atoms with van der Waals surface area (Å²) in [4.78, 5) is 11.3. The van der Waals surface area contributed by atoms with E-state index in [1.54, 1.807) is 25.1 Å². The van der Waals surface area contributed by atoms with Crippen molar-refractivity contribution in [3.05, 3.63) is 35.4 Å². The molecule has 2 atom stereocenters. The molecule has 1 saturated carbocycles. The van der Waals surface area contributed by atoms with Gasteiger partial charge in [0.2, 0.25) is 0 Å². The minimum atomic E-state index is -1.23. The summed E-state index contributed by atoms with van der Waals surface area (Å²) in [6.45, 7) is 1.92. The van der Waals surface area contributed by atoms with Crippen LogP contribution in [0.3, 0.4) is 0 Å². The molecule has 0 bridgehead atoms. The molecule has 2 N–H and O–H groups in total. The zero-order valence-electron chi connectivity index (χ0n) is 12.0. The fourth-order valence-electron chi connectivity index (χ4n) is 2.33. The topological polar surface area (TPSA) is 90.6 Å². The highest BCUT2D eigenvalue weighted by molar-refractivity contribution is 5.70.